The Morgan fingerprint density at radius 3 is 2.14 bits per heavy atom. The minimum atomic E-state index is -0.549. The minimum Gasteiger partial charge on any atom is -0.463 e. The van der Waals surface area contributed by atoms with E-state index in [2.05, 4.69) is 0 Å². The van der Waals surface area contributed by atoms with Crippen LogP contribution in [0.1, 0.15) is 48.5 Å². The van der Waals surface area contributed by atoms with E-state index in [-0.39, 0.29) is 17.9 Å². The molecule has 0 fully saturated rings. The van der Waals surface area contributed by atoms with Gasteiger partial charge in [-0.05, 0) is 40.5 Å². The highest BCUT2D eigenvalue weighted by molar-refractivity contribution is 5.88. The van der Waals surface area contributed by atoms with Crippen molar-refractivity contribution >= 4 is 12.1 Å². The van der Waals surface area contributed by atoms with Crippen LogP contribution >= 0.6 is 0 Å². The minimum absolute atomic E-state index is 0.145. The van der Waals surface area contributed by atoms with Crippen LogP contribution in [0.4, 0.5) is 4.79 Å². The van der Waals surface area contributed by atoms with Crippen LogP contribution in [0.5, 0.6) is 0 Å². The zero-order chi connectivity index (χ0) is 16.8. The summed E-state index contributed by atoms with van der Waals surface area (Å²) >= 11 is 0. The first-order valence-corrected chi connectivity index (χ1v) is 7.31. The topological polar surface area (TPSA) is 55.8 Å². The van der Waals surface area contributed by atoms with E-state index in [4.69, 9.17) is 9.47 Å². The van der Waals surface area contributed by atoms with E-state index < -0.39 is 11.7 Å². The zero-order valence-electron chi connectivity index (χ0n) is 14.5. The van der Waals surface area contributed by atoms with E-state index >= 15 is 0 Å². The van der Waals surface area contributed by atoms with Gasteiger partial charge in [-0.15, -0.1) is 0 Å². The van der Waals surface area contributed by atoms with Crippen molar-refractivity contribution in [3.63, 3.8) is 0 Å². The molecule has 0 aliphatic heterocycles. The highest BCUT2D eigenvalue weighted by Gasteiger charge is 2.26. The Labute approximate surface area is 128 Å². The molecule has 0 unspecified atom stereocenters. The molecule has 21 heavy (non-hydrogen) atoms. The van der Waals surface area contributed by atoms with Crippen molar-refractivity contribution in [2.75, 3.05) is 13.7 Å². The van der Waals surface area contributed by atoms with Gasteiger partial charge in [0.05, 0.1) is 12.6 Å². The second-order valence-electron chi connectivity index (χ2n) is 6.40. The second-order valence-corrected chi connectivity index (χ2v) is 6.40. The van der Waals surface area contributed by atoms with Gasteiger partial charge in [-0.25, -0.2) is 9.59 Å². The van der Waals surface area contributed by atoms with E-state index in [1.165, 1.54) is 4.90 Å². The molecule has 0 aliphatic rings. The summed E-state index contributed by atoms with van der Waals surface area (Å²) in [7, 11) is 1.67. The van der Waals surface area contributed by atoms with Crippen LogP contribution in [0.25, 0.3) is 0 Å². The van der Waals surface area contributed by atoms with Gasteiger partial charge in [0.15, 0.2) is 0 Å². The van der Waals surface area contributed by atoms with Gasteiger partial charge in [-0.2, -0.15) is 0 Å². The zero-order valence-corrected chi connectivity index (χ0v) is 14.5. The van der Waals surface area contributed by atoms with Crippen LogP contribution in [0, 0.1) is 5.92 Å². The molecule has 0 aromatic heterocycles. The molecule has 1 atom stereocenters. The maximum atomic E-state index is 12.1. The van der Waals surface area contributed by atoms with Crippen LogP contribution in [0.3, 0.4) is 0 Å². The van der Waals surface area contributed by atoms with Crippen LogP contribution in [0.2, 0.25) is 0 Å². The number of carbonyl (C=O) groups is 2. The SMILES string of the molecule is CCOC(=O)/C(C)=C/[C@H](C(C)C)N(C)C(=O)OC(C)(C)C. The summed E-state index contributed by atoms with van der Waals surface area (Å²) in [6.07, 6.45) is 1.35. The van der Waals surface area contributed by atoms with E-state index in [1.807, 2.05) is 34.6 Å². The van der Waals surface area contributed by atoms with Crippen molar-refractivity contribution in [3.05, 3.63) is 11.6 Å². The fraction of sp³-hybridized carbons (Fsp3) is 0.750. The first kappa shape index (κ1) is 19.5. The molecule has 1 amide bonds. The summed E-state index contributed by atoms with van der Waals surface area (Å²) in [6.45, 7) is 13.2. The quantitative estimate of drug-likeness (QED) is 0.577. The predicted molar refractivity (Wildman–Crippen MR) is 83.0 cm³/mol. The summed E-state index contributed by atoms with van der Waals surface area (Å²) < 4.78 is 10.3. The van der Waals surface area contributed by atoms with Gasteiger partial charge >= 0.3 is 12.1 Å². The third-order valence-electron chi connectivity index (χ3n) is 2.83. The summed E-state index contributed by atoms with van der Waals surface area (Å²) in [5.74, 6) is -0.215. The Morgan fingerprint density at radius 1 is 1.24 bits per heavy atom. The maximum absolute atomic E-state index is 12.1. The fourth-order valence-electron chi connectivity index (χ4n) is 1.78. The molecule has 0 heterocycles. The van der Waals surface area contributed by atoms with Crippen molar-refractivity contribution in [1.29, 1.82) is 0 Å². The Hall–Kier alpha value is -1.52. The van der Waals surface area contributed by atoms with Gasteiger partial charge in [-0.3, -0.25) is 0 Å². The monoisotopic (exact) mass is 299 g/mol. The molecule has 0 N–H and O–H groups in total. The van der Waals surface area contributed by atoms with Gasteiger partial charge in [0.1, 0.15) is 5.60 Å². The van der Waals surface area contributed by atoms with Crippen LogP contribution < -0.4 is 0 Å². The largest absolute Gasteiger partial charge is 0.463 e. The first-order valence-electron chi connectivity index (χ1n) is 7.31. The number of amides is 1. The number of ether oxygens (including phenoxy) is 2. The van der Waals surface area contributed by atoms with E-state index in [1.54, 1.807) is 27.0 Å². The molecule has 0 aromatic rings. The van der Waals surface area contributed by atoms with Crippen LogP contribution in [-0.4, -0.2) is 42.3 Å². The van der Waals surface area contributed by atoms with Crippen molar-refractivity contribution in [2.45, 2.75) is 60.1 Å². The molecule has 0 rings (SSSR count). The average molecular weight is 299 g/mol. The lowest BCUT2D eigenvalue weighted by Gasteiger charge is -2.31. The molecule has 0 spiro atoms. The molecule has 5 nitrogen and oxygen atoms in total. The molecule has 0 saturated carbocycles. The number of hydrogen-bond donors (Lipinski definition) is 0. The molecule has 0 aliphatic carbocycles. The fourth-order valence-corrected chi connectivity index (χ4v) is 1.78. The number of likely N-dealkylation sites (N-methyl/N-ethyl adjacent to an activating group) is 1. The highest BCUT2D eigenvalue weighted by atomic mass is 16.6. The number of hydrogen-bond acceptors (Lipinski definition) is 4. The summed E-state index contributed by atoms with van der Waals surface area (Å²) in [5, 5.41) is 0. The Bertz CT molecular complexity index is 394. The number of carbonyl (C=O) groups excluding carboxylic acids is 2. The molecule has 0 radical (unpaired) electrons. The maximum Gasteiger partial charge on any atom is 0.410 e. The molecule has 0 bridgehead atoms. The van der Waals surface area contributed by atoms with Gasteiger partial charge in [0, 0.05) is 12.6 Å². The highest BCUT2D eigenvalue weighted by Crippen LogP contribution is 2.17. The van der Waals surface area contributed by atoms with Crippen molar-refractivity contribution < 1.29 is 19.1 Å². The molecule has 122 valence electrons. The van der Waals surface area contributed by atoms with E-state index in [0.717, 1.165) is 0 Å². The lowest BCUT2D eigenvalue weighted by Crippen LogP contribution is -2.42. The van der Waals surface area contributed by atoms with Crippen LogP contribution in [0.15, 0.2) is 11.6 Å². The summed E-state index contributed by atoms with van der Waals surface area (Å²) in [4.78, 5) is 25.3. The summed E-state index contributed by atoms with van der Waals surface area (Å²) in [6, 6.07) is -0.232. The van der Waals surface area contributed by atoms with Gasteiger partial charge in [0.25, 0.3) is 0 Å². The molecular weight excluding hydrogens is 270 g/mol. The Morgan fingerprint density at radius 2 is 1.76 bits per heavy atom. The average Bonchev–Trinajstić information content (AvgIpc) is 2.32. The lowest BCUT2D eigenvalue weighted by atomic mass is 10.0. The van der Waals surface area contributed by atoms with Gasteiger partial charge < -0.3 is 14.4 Å². The van der Waals surface area contributed by atoms with Gasteiger partial charge in [0.2, 0.25) is 0 Å². The standard InChI is InChI=1S/C16H29NO4/c1-9-20-14(18)12(4)10-13(11(2)3)17(8)15(19)21-16(5,6)7/h10-11,13H,9H2,1-8H3/b12-10+/t13-/m1/s1. The third kappa shape index (κ3) is 7.16. The first-order chi connectivity index (χ1) is 9.49. The number of esters is 1. The van der Waals surface area contributed by atoms with Crippen molar-refractivity contribution in [2.24, 2.45) is 5.92 Å². The summed E-state index contributed by atoms with van der Waals surface area (Å²) in [5.41, 5.74) is -0.0572. The normalized spacial score (nSPS) is 13.9. The molecule has 5 heteroatoms. The van der Waals surface area contributed by atoms with E-state index in [0.29, 0.717) is 12.2 Å². The lowest BCUT2D eigenvalue weighted by molar-refractivity contribution is -0.138. The van der Waals surface area contributed by atoms with Crippen molar-refractivity contribution in [1.82, 2.24) is 4.90 Å². The van der Waals surface area contributed by atoms with Crippen molar-refractivity contribution in [3.8, 4) is 0 Å². The van der Waals surface area contributed by atoms with Crippen LogP contribution in [-0.2, 0) is 14.3 Å². The Kier molecular flexibility index (Phi) is 7.47. The predicted octanol–water partition coefficient (Wildman–Crippen LogP) is 3.39. The molecular formula is C16H29NO4. The number of nitrogens with zero attached hydrogens (tertiary/aromatic N) is 1. The van der Waals surface area contributed by atoms with E-state index in [9.17, 15) is 9.59 Å². The molecule has 0 aromatic carbocycles. The second kappa shape index (κ2) is 8.05. The smallest absolute Gasteiger partial charge is 0.410 e. The third-order valence-corrected chi connectivity index (χ3v) is 2.83. The number of rotatable bonds is 5. The molecule has 0 saturated heterocycles. The Balaban J connectivity index is 5.10. The van der Waals surface area contributed by atoms with Gasteiger partial charge in [-0.1, -0.05) is 19.9 Å².